The number of hydrogen-bond acceptors (Lipinski definition) is 5. The fourth-order valence-electron chi connectivity index (χ4n) is 3.69. The number of rotatable bonds is 4. The molecule has 0 bridgehead atoms. The molecule has 1 aliphatic heterocycles. The summed E-state index contributed by atoms with van der Waals surface area (Å²) in [7, 11) is 0. The summed E-state index contributed by atoms with van der Waals surface area (Å²) < 4.78 is 1.87. The van der Waals surface area contributed by atoms with Crippen LogP contribution in [0, 0.1) is 6.92 Å². The number of carbonyl (C=O) groups is 1. The molecule has 1 N–H and O–H groups in total. The van der Waals surface area contributed by atoms with E-state index in [9.17, 15) is 4.79 Å². The number of aromatic nitrogens is 6. The Balaban J connectivity index is 1.48. The van der Waals surface area contributed by atoms with Crippen LogP contribution in [0.1, 0.15) is 60.7 Å². The fraction of sp³-hybridized carbons (Fsp3) is 0.450. The maximum Gasteiger partial charge on any atom is 0.253 e. The molecule has 1 aliphatic rings. The van der Waals surface area contributed by atoms with Crippen LogP contribution in [0.2, 0.25) is 0 Å². The Morgan fingerprint density at radius 2 is 2.04 bits per heavy atom. The highest BCUT2D eigenvalue weighted by Gasteiger charge is 2.27. The monoisotopic (exact) mass is 379 g/mol. The third-order valence-corrected chi connectivity index (χ3v) is 5.19. The van der Waals surface area contributed by atoms with Crippen LogP contribution in [0.3, 0.4) is 0 Å². The molecule has 0 atom stereocenters. The Kier molecular flexibility index (Phi) is 4.93. The van der Waals surface area contributed by atoms with Crippen molar-refractivity contribution in [1.82, 2.24) is 34.8 Å². The Hall–Kier alpha value is -3.03. The van der Waals surface area contributed by atoms with E-state index in [0.29, 0.717) is 24.6 Å². The molecular weight excluding hydrogens is 354 g/mol. The lowest BCUT2D eigenvalue weighted by atomic mass is 9.95. The molecule has 3 heterocycles. The first-order valence-electron chi connectivity index (χ1n) is 9.71. The minimum atomic E-state index is 0.0575. The van der Waals surface area contributed by atoms with Gasteiger partial charge in [-0.15, -0.1) is 0 Å². The lowest BCUT2D eigenvalue weighted by Gasteiger charge is -2.31. The van der Waals surface area contributed by atoms with Crippen LogP contribution in [0.15, 0.2) is 30.6 Å². The zero-order valence-electron chi connectivity index (χ0n) is 16.5. The molecule has 0 spiro atoms. The summed E-state index contributed by atoms with van der Waals surface area (Å²) in [5, 5.41) is 11.5. The largest absolute Gasteiger partial charge is 0.339 e. The van der Waals surface area contributed by atoms with Crippen molar-refractivity contribution < 1.29 is 4.79 Å². The van der Waals surface area contributed by atoms with Gasteiger partial charge in [-0.2, -0.15) is 10.2 Å². The van der Waals surface area contributed by atoms with Crippen molar-refractivity contribution in [2.24, 2.45) is 0 Å². The first kappa shape index (κ1) is 18.3. The van der Waals surface area contributed by atoms with Gasteiger partial charge >= 0.3 is 0 Å². The number of piperidine rings is 1. The van der Waals surface area contributed by atoms with Crippen LogP contribution in [0.5, 0.6) is 0 Å². The number of nitrogens with zero attached hydrogens (tertiary/aromatic N) is 6. The second-order valence-corrected chi connectivity index (χ2v) is 7.55. The summed E-state index contributed by atoms with van der Waals surface area (Å²) >= 11 is 0. The van der Waals surface area contributed by atoms with Gasteiger partial charge in [0.05, 0.1) is 0 Å². The Morgan fingerprint density at radius 1 is 1.25 bits per heavy atom. The molecule has 0 aliphatic carbocycles. The zero-order valence-corrected chi connectivity index (χ0v) is 16.5. The second kappa shape index (κ2) is 7.53. The van der Waals surface area contributed by atoms with E-state index in [0.717, 1.165) is 35.9 Å². The van der Waals surface area contributed by atoms with Crippen molar-refractivity contribution in [1.29, 1.82) is 0 Å². The number of aromatic amines is 1. The first-order valence-corrected chi connectivity index (χ1v) is 9.71. The van der Waals surface area contributed by atoms with E-state index >= 15 is 0 Å². The van der Waals surface area contributed by atoms with Crippen molar-refractivity contribution in [3.05, 3.63) is 47.8 Å². The molecule has 1 aromatic carbocycles. The minimum absolute atomic E-state index is 0.0575. The van der Waals surface area contributed by atoms with Crippen LogP contribution in [-0.4, -0.2) is 53.8 Å². The average molecular weight is 379 g/mol. The summed E-state index contributed by atoms with van der Waals surface area (Å²) in [6.07, 6.45) is 3.31. The SMILES string of the molecule is Cc1nc(C2CCN(C(=O)c3cccc(-c4ncnn4C(C)C)c3)CC2)n[nH]1. The van der Waals surface area contributed by atoms with E-state index in [-0.39, 0.29) is 11.9 Å². The molecule has 1 fully saturated rings. The van der Waals surface area contributed by atoms with Crippen molar-refractivity contribution in [2.45, 2.75) is 45.6 Å². The van der Waals surface area contributed by atoms with E-state index < -0.39 is 0 Å². The Morgan fingerprint density at radius 3 is 2.71 bits per heavy atom. The fourth-order valence-corrected chi connectivity index (χ4v) is 3.69. The van der Waals surface area contributed by atoms with Crippen molar-refractivity contribution >= 4 is 5.91 Å². The van der Waals surface area contributed by atoms with Crippen molar-refractivity contribution in [3.8, 4) is 11.4 Å². The standard InChI is InChI=1S/C20H25N7O/c1-13(2)27-19(21-12-22-27)16-5-4-6-17(11-16)20(28)26-9-7-15(8-10-26)18-23-14(3)24-25-18/h4-6,11-13,15H,7-10H2,1-3H3,(H,23,24,25). The highest BCUT2D eigenvalue weighted by atomic mass is 16.2. The topological polar surface area (TPSA) is 92.6 Å². The number of benzene rings is 1. The molecule has 3 aromatic rings. The number of amides is 1. The summed E-state index contributed by atoms with van der Waals surface area (Å²) in [6.45, 7) is 7.45. The molecule has 0 radical (unpaired) electrons. The second-order valence-electron chi connectivity index (χ2n) is 7.55. The molecule has 0 saturated carbocycles. The third kappa shape index (κ3) is 3.54. The van der Waals surface area contributed by atoms with Gasteiger partial charge in [0.15, 0.2) is 11.6 Å². The molecule has 0 unspecified atom stereocenters. The number of carbonyl (C=O) groups excluding carboxylic acids is 1. The maximum atomic E-state index is 13.0. The van der Waals surface area contributed by atoms with Crippen LogP contribution >= 0.6 is 0 Å². The van der Waals surface area contributed by atoms with E-state index in [1.54, 1.807) is 6.33 Å². The predicted molar refractivity (Wildman–Crippen MR) is 105 cm³/mol. The maximum absolute atomic E-state index is 13.0. The van der Waals surface area contributed by atoms with Gasteiger partial charge in [-0.1, -0.05) is 12.1 Å². The molecule has 146 valence electrons. The molecule has 2 aromatic heterocycles. The summed E-state index contributed by atoms with van der Waals surface area (Å²) in [4.78, 5) is 23.8. The minimum Gasteiger partial charge on any atom is -0.339 e. The predicted octanol–water partition coefficient (Wildman–Crippen LogP) is 2.97. The van der Waals surface area contributed by atoms with E-state index in [1.165, 1.54) is 0 Å². The van der Waals surface area contributed by atoms with E-state index in [2.05, 4.69) is 39.1 Å². The van der Waals surface area contributed by atoms with Crippen LogP contribution < -0.4 is 0 Å². The van der Waals surface area contributed by atoms with Crippen LogP contribution in [0.25, 0.3) is 11.4 Å². The molecule has 4 rings (SSSR count). The van der Waals surface area contributed by atoms with Gasteiger partial charge in [-0.25, -0.2) is 14.6 Å². The van der Waals surface area contributed by atoms with Gasteiger partial charge in [-0.05, 0) is 45.7 Å². The molecule has 28 heavy (non-hydrogen) atoms. The molecular formula is C20H25N7O. The highest BCUT2D eigenvalue weighted by molar-refractivity contribution is 5.95. The Labute approximate surface area is 164 Å². The van der Waals surface area contributed by atoms with Crippen molar-refractivity contribution in [3.63, 3.8) is 0 Å². The summed E-state index contributed by atoms with van der Waals surface area (Å²) in [5.41, 5.74) is 1.59. The number of likely N-dealkylation sites (tertiary alicyclic amines) is 1. The zero-order chi connectivity index (χ0) is 19.7. The van der Waals surface area contributed by atoms with Gasteiger partial charge in [0, 0.05) is 36.2 Å². The van der Waals surface area contributed by atoms with Gasteiger partial charge in [0.1, 0.15) is 12.2 Å². The Bertz CT molecular complexity index is 966. The number of hydrogen-bond donors (Lipinski definition) is 1. The molecule has 1 amide bonds. The van der Waals surface area contributed by atoms with E-state index in [4.69, 9.17) is 0 Å². The van der Waals surface area contributed by atoms with Gasteiger partial charge in [0.2, 0.25) is 0 Å². The molecule has 8 nitrogen and oxygen atoms in total. The van der Waals surface area contributed by atoms with Gasteiger partial charge in [0.25, 0.3) is 5.91 Å². The lowest BCUT2D eigenvalue weighted by molar-refractivity contribution is 0.0711. The van der Waals surface area contributed by atoms with E-state index in [1.807, 2.05) is 40.8 Å². The summed E-state index contributed by atoms with van der Waals surface area (Å²) in [6, 6.07) is 7.86. The summed E-state index contributed by atoms with van der Waals surface area (Å²) in [5.74, 6) is 2.84. The highest BCUT2D eigenvalue weighted by Crippen LogP contribution is 2.27. The normalized spacial score (nSPS) is 15.4. The number of nitrogens with one attached hydrogen (secondary N) is 1. The molecule has 1 saturated heterocycles. The van der Waals surface area contributed by atoms with Gasteiger partial charge < -0.3 is 4.90 Å². The van der Waals surface area contributed by atoms with Crippen molar-refractivity contribution in [2.75, 3.05) is 13.1 Å². The van der Waals surface area contributed by atoms with Gasteiger partial charge in [-0.3, -0.25) is 9.89 Å². The smallest absolute Gasteiger partial charge is 0.253 e. The third-order valence-electron chi connectivity index (χ3n) is 5.19. The quantitative estimate of drug-likeness (QED) is 0.752. The number of H-pyrrole nitrogens is 1. The van der Waals surface area contributed by atoms with Crippen LogP contribution in [-0.2, 0) is 0 Å². The average Bonchev–Trinajstić information content (AvgIpc) is 3.37. The lowest BCUT2D eigenvalue weighted by Crippen LogP contribution is -2.38. The number of aryl methyl sites for hydroxylation is 1. The van der Waals surface area contributed by atoms with Crippen LogP contribution in [0.4, 0.5) is 0 Å². The first-order chi connectivity index (χ1) is 13.5. The molecule has 8 heteroatoms.